The number of rotatable bonds is 0. The van der Waals surface area contributed by atoms with Gasteiger partial charge in [-0.05, 0) is 23.9 Å². The van der Waals surface area contributed by atoms with Crippen LogP contribution in [-0.2, 0) is 0 Å². The van der Waals surface area contributed by atoms with Crippen LogP contribution in [0.4, 0.5) is 0 Å². The lowest BCUT2D eigenvalue weighted by Gasteiger charge is -2.31. The summed E-state index contributed by atoms with van der Waals surface area (Å²) in [7, 11) is 0. The zero-order valence-corrected chi connectivity index (χ0v) is 8.27. The molecule has 0 aromatic heterocycles. The summed E-state index contributed by atoms with van der Waals surface area (Å²) in [5.74, 6) is 2.74. The molecule has 1 atom stereocenters. The lowest BCUT2D eigenvalue weighted by Crippen LogP contribution is -2.32. The van der Waals surface area contributed by atoms with Gasteiger partial charge in [0.15, 0.2) is 0 Å². The average molecular weight is 179 g/mol. The Bertz CT molecular complexity index is 164. The van der Waals surface area contributed by atoms with E-state index in [4.69, 9.17) is 23.2 Å². The van der Waals surface area contributed by atoms with E-state index in [1.165, 1.54) is 0 Å². The first kappa shape index (κ1) is 10.1. The molecule has 0 aromatic carbocycles. The van der Waals surface area contributed by atoms with Crippen molar-refractivity contribution in [3.05, 3.63) is 0 Å². The highest BCUT2D eigenvalue weighted by Crippen LogP contribution is 2.35. The first-order chi connectivity index (χ1) is 4.31. The van der Waals surface area contributed by atoms with E-state index in [1.807, 2.05) is 27.7 Å². The molecule has 0 rings (SSSR count). The number of alkyl halides is 1. The van der Waals surface area contributed by atoms with Crippen LogP contribution in [0.2, 0.25) is 0 Å². The van der Waals surface area contributed by atoms with Crippen LogP contribution < -0.4 is 0 Å². The Morgan fingerprint density at radius 2 is 1.50 bits per heavy atom. The summed E-state index contributed by atoms with van der Waals surface area (Å²) in [6.45, 7) is 7.95. The van der Waals surface area contributed by atoms with Crippen molar-refractivity contribution in [1.29, 1.82) is 0 Å². The lowest BCUT2D eigenvalue weighted by molar-refractivity contribution is 0.350. The molecule has 0 fully saturated rings. The van der Waals surface area contributed by atoms with Crippen molar-refractivity contribution in [2.24, 2.45) is 5.41 Å². The van der Waals surface area contributed by atoms with Gasteiger partial charge in [-0.2, -0.15) is 0 Å². The average Bonchev–Trinajstić information content (AvgIpc) is 1.61. The second-order valence-electron chi connectivity index (χ2n) is 3.47. The summed E-state index contributed by atoms with van der Waals surface area (Å²) in [6, 6.07) is 0. The highest BCUT2D eigenvalue weighted by atomic mass is 35.5. The third-order valence-corrected chi connectivity index (χ3v) is 2.45. The van der Waals surface area contributed by atoms with Gasteiger partial charge in [0.25, 0.3) is 0 Å². The fraction of sp³-hybridized carbons (Fsp3) is 0.750. The van der Waals surface area contributed by atoms with Gasteiger partial charge in [0.1, 0.15) is 4.87 Å². The van der Waals surface area contributed by atoms with E-state index >= 15 is 0 Å². The molecule has 0 nitrogen and oxygen atoms in total. The summed E-state index contributed by atoms with van der Waals surface area (Å²) in [5, 5.41) is 2.30. The van der Waals surface area contributed by atoms with Gasteiger partial charge in [-0.15, -0.1) is 11.6 Å². The van der Waals surface area contributed by atoms with Crippen LogP contribution in [0.15, 0.2) is 0 Å². The monoisotopic (exact) mass is 178 g/mol. The highest BCUT2D eigenvalue weighted by molar-refractivity contribution is 6.32. The molecule has 0 saturated carbocycles. The molecule has 1 unspecified atom stereocenters. The van der Waals surface area contributed by atoms with E-state index in [1.54, 1.807) is 0 Å². The standard InChI is InChI=1S/C8H12Cl2/c1-7(2,3)8(4,10)5-6-9/h1-4H3. The molecule has 0 aromatic rings. The molecule has 0 saturated heterocycles. The van der Waals surface area contributed by atoms with Gasteiger partial charge < -0.3 is 0 Å². The summed E-state index contributed by atoms with van der Waals surface area (Å²) in [5.41, 5.74) is -0.0452. The summed E-state index contributed by atoms with van der Waals surface area (Å²) < 4.78 is 0. The maximum atomic E-state index is 6.05. The Morgan fingerprint density at radius 3 is 1.60 bits per heavy atom. The molecule has 0 amide bonds. The van der Waals surface area contributed by atoms with Crippen molar-refractivity contribution in [2.45, 2.75) is 32.6 Å². The largest absolute Gasteiger partial charge is 0.108 e. The fourth-order valence-electron chi connectivity index (χ4n) is 0.276. The van der Waals surface area contributed by atoms with Gasteiger partial charge in [-0.3, -0.25) is 0 Å². The van der Waals surface area contributed by atoms with E-state index in [0.29, 0.717) is 0 Å². The topological polar surface area (TPSA) is 0 Å². The minimum Gasteiger partial charge on any atom is -0.105 e. The van der Waals surface area contributed by atoms with Crippen molar-refractivity contribution < 1.29 is 0 Å². The van der Waals surface area contributed by atoms with Gasteiger partial charge in [-0.1, -0.05) is 26.7 Å². The van der Waals surface area contributed by atoms with E-state index < -0.39 is 4.87 Å². The van der Waals surface area contributed by atoms with E-state index in [0.717, 1.165) is 0 Å². The summed E-state index contributed by atoms with van der Waals surface area (Å²) in [4.78, 5) is -0.533. The molecular weight excluding hydrogens is 167 g/mol. The quantitative estimate of drug-likeness (QED) is 0.395. The molecule has 0 spiro atoms. The van der Waals surface area contributed by atoms with Crippen LogP contribution in [0.3, 0.4) is 0 Å². The number of halogens is 2. The molecule has 0 N–H and O–H groups in total. The first-order valence-corrected chi connectivity index (χ1v) is 3.88. The molecule has 2 heteroatoms. The lowest BCUT2D eigenvalue weighted by atomic mass is 9.82. The Kier molecular flexibility index (Phi) is 3.07. The van der Waals surface area contributed by atoms with Gasteiger partial charge in [-0.25, -0.2) is 0 Å². The molecule has 0 heterocycles. The molecule has 0 radical (unpaired) electrons. The molecule has 58 valence electrons. The summed E-state index contributed by atoms with van der Waals surface area (Å²) in [6.07, 6.45) is 0. The molecular formula is C8H12Cl2. The van der Waals surface area contributed by atoms with Crippen molar-refractivity contribution in [1.82, 2.24) is 0 Å². The van der Waals surface area contributed by atoms with Crippen LogP contribution in [0.25, 0.3) is 0 Å². The highest BCUT2D eigenvalue weighted by Gasteiger charge is 2.33. The van der Waals surface area contributed by atoms with Crippen LogP contribution in [0.1, 0.15) is 27.7 Å². The van der Waals surface area contributed by atoms with Gasteiger partial charge in [0, 0.05) is 5.38 Å². The zero-order chi connectivity index (χ0) is 8.41. The minimum atomic E-state index is -0.533. The second kappa shape index (κ2) is 3.03. The zero-order valence-electron chi connectivity index (χ0n) is 6.76. The van der Waals surface area contributed by atoms with Crippen molar-refractivity contribution in [3.63, 3.8) is 0 Å². The third-order valence-electron chi connectivity index (χ3n) is 1.69. The number of hydrogen-bond acceptors (Lipinski definition) is 0. The van der Waals surface area contributed by atoms with Gasteiger partial charge in [0.05, 0.1) is 0 Å². The van der Waals surface area contributed by atoms with Crippen molar-refractivity contribution in [3.8, 4) is 11.3 Å². The molecule has 0 aliphatic carbocycles. The van der Waals surface area contributed by atoms with Crippen LogP contribution in [0.5, 0.6) is 0 Å². The maximum Gasteiger partial charge on any atom is 0.108 e. The maximum absolute atomic E-state index is 6.05. The van der Waals surface area contributed by atoms with Gasteiger partial charge >= 0.3 is 0 Å². The molecule has 0 bridgehead atoms. The van der Waals surface area contributed by atoms with E-state index in [2.05, 4.69) is 11.3 Å². The fourth-order valence-corrected chi connectivity index (χ4v) is 0.561. The predicted molar refractivity (Wildman–Crippen MR) is 47.3 cm³/mol. The SMILES string of the molecule is CC(C)(C)C(C)(Cl)C#CCl. The molecule has 0 aliphatic heterocycles. The first-order valence-electron chi connectivity index (χ1n) is 3.13. The normalized spacial score (nSPS) is 17.0. The van der Waals surface area contributed by atoms with Crippen LogP contribution in [0, 0.1) is 16.7 Å². The van der Waals surface area contributed by atoms with Crippen LogP contribution in [-0.4, -0.2) is 4.87 Å². The van der Waals surface area contributed by atoms with E-state index in [-0.39, 0.29) is 5.41 Å². The number of hydrogen-bond donors (Lipinski definition) is 0. The summed E-state index contributed by atoms with van der Waals surface area (Å²) >= 11 is 11.3. The van der Waals surface area contributed by atoms with Crippen LogP contribution >= 0.6 is 23.2 Å². The Hall–Kier alpha value is 0.140. The third kappa shape index (κ3) is 2.40. The molecule has 0 aliphatic rings. The minimum absolute atomic E-state index is 0.0452. The Morgan fingerprint density at radius 1 is 1.10 bits per heavy atom. The Labute approximate surface area is 72.9 Å². The molecule has 10 heavy (non-hydrogen) atoms. The van der Waals surface area contributed by atoms with E-state index in [9.17, 15) is 0 Å². The second-order valence-corrected chi connectivity index (χ2v) is 4.42. The predicted octanol–water partition coefficient (Wildman–Crippen LogP) is 3.23. The van der Waals surface area contributed by atoms with Crippen molar-refractivity contribution >= 4 is 23.2 Å². The van der Waals surface area contributed by atoms with Crippen molar-refractivity contribution in [2.75, 3.05) is 0 Å². The smallest absolute Gasteiger partial charge is 0.105 e. The van der Waals surface area contributed by atoms with Gasteiger partial charge in [0.2, 0.25) is 0 Å². The Balaban J connectivity index is 4.51.